The minimum absolute atomic E-state index is 0.214. The average Bonchev–Trinajstić information content (AvgIpc) is 3.17. The maximum Gasteiger partial charge on any atom is 0.321 e. The Kier molecular flexibility index (Phi) is 5.26. The number of carbonyl (C=O) groups excluding carboxylic acids is 1. The summed E-state index contributed by atoms with van der Waals surface area (Å²) in [5.74, 6) is 0.449. The zero-order valence-electron chi connectivity index (χ0n) is 15.8. The third kappa shape index (κ3) is 4.27. The molecule has 0 bridgehead atoms. The predicted molar refractivity (Wildman–Crippen MR) is 111 cm³/mol. The number of hydrogen-bond acceptors (Lipinski definition) is 7. The van der Waals surface area contributed by atoms with E-state index in [-0.39, 0.29) is 5.91 Å². The second kappa shape index (κ2) is 8.15. The van der Waals surface area contributed by atoms with Gasteiger partial charge in [0.15, 0.2) is 5.13 Å². The first-order valence-electron chi connectivity index (χ1n) is 8.83. The van der Waals surface area contributed by atoms with E-state index in [4.69, 9.17) is 4.74 Å². The molecule has 0 saturated carbocycles. The molecule has 1 N–H and O–H groups in total. The summed E-state index contributed by atoms with van der Waals surface area (Å²) in [6.07, 6.45) is 6.43. The first-order valence-corrected chi connectivity index (χ1v) is 9.71. The van der Waals surface area contributed by atoms with Crippen LogP contribution in [0, 0.1) is 13.8 Å². The van der Waals surface area contributed by atoms with Crippen LogP contribution in [0.25, 0.3) is 11.3 Å². The minimum atomic E-state index is -0.214. The van der Waals surface area contributed by atoms with Gasteiger partial charge in [0.25, 0.3) is 5.91 Å². The third-order valence-electron chi connectivity index (χ3n) is 4.18. The molecule has 0 radical (unpaired) electrons. The van der Waals surface area contributed by atoms with Crippen molar-refractivity contribution in [3.05, 3.63) is 77.2 Å². The van der Waals surface area contributed by atoms with Crippen molar-refractivity contribution in [1.82, 2.24) is 19.9 Å². The van der Waals surface area contributed by atoms with E-state index in [2.05, 4.69) is 25.3 Å². The first-order chi connectivity index (χ1) is 14.1. The second-order valence-corrected chi connectivity index (χ2v) is 7.15. The molecule has 0 atom stereocenters. The molecule has 0 spiro atoms. The van der Waals surface area contributed by atoms with Gasteiger partial charge in [0.05, 0.1) is 5.69 Å². The van der Waals surface area contributed by atoms with Crippen LogP contribution in [-0.2, 0) is 0 Å². The Hall–Kier alpha value is -3.65. The summed E-state index contributed by atoms with van der Waals surface area (Å²) < 4.78 is 5.74. The molecular formula is C21H17N5O2S. The van der Waals surface area contributed by atoms with Crippen LogP contribution in [0.5, 0.6) is 11.8 Å². The van der Waals surface area contributed by atoms with Gasteiger partial charge in [-0.2, -0.15) is 0 Å². The molecule has 29 heavy (non-hydrogen) atoms. The zero-order valence-corrected chi connectivity index (χ0v) is 16.6. The van der Waals surface area contributed by atoms with Crippen molar-refractivity contribution in [3.8, 4) is 23.0 Å². The Bertz CT molecular complexity index is 1120. The van der Waals surface area contributed by atoms with Crippen molar-refractivity contribution in [2.45, 2.75) is 13.8 Å². The van der Waals surface area contributed by atoms with Crippen LogP contribution in [0.15, 0.2) is 60.5 Å². The number of pyridine rings is 1. The van der Waals surface area contributed by atoms with Gasteiger partial charge in [-0.3, -0.25) is 15.1 Å². The monoisotopic (exact) mass is 403 g/mol. The van der Waals surface area contributed by atoms with Crippen LogP contribution < -0.4 is 10.1 Å². The maximum atomic E-state index is 12.3. The molecule has 8 heteroatoms. The van der Waals surface area contributed by atoms with Gasteiger partial charge >= 0.3 is 6.01 Å². The number of carbonyl (C=O) groups is 1. The molecule has 0 aliphatic rings. The van der Waals surface area contributed by atoms with E-state index in [1.807, 2.05) is 31.4 Å². The number of thiazole rings is 1. The fraction of sp³-hybridized carbons (Fsp3) is 0.0952. The predicted octanol–water partition coefficient (Wildman–Crippen LogP) is 4.66. The molecule has 4 rings (SSSR count). The molecule has 0 aliphatic heterocycles. The Labute approximate surface area is 171 Å². The van der Waals surface area contributed by atoms with E-state index < -0.39 is 0 Å². The number of nitrogens with one attached hydrogen (secondary N) is 1. The van der Waals surface area contributed by atoms with Gasteiger partial charge in [0.2, 0.25) is 0 Å². The topological polar surface area (TPSA) is 89.9 Å². The van der Waals surface area contributed by atoms with Crippen molar-refractivity contribution in [2.75, 3.05) is 5.32 Å². The Morgan fingerprint density at radius 2 is 1.72 bits per heavy atom. The van der Waals surface area contributed by atoms with Crippen molar-refractivity contribution in [1.29, 1.82) is 0 Å². The molecular weight excluding hydrogens is 386 g/mol. The molecule has 0 fully saturated rings. The smallest absolute Gasteiger partial charge is 0.321 e. The normalized spacial score (nSPS) is 10.6. The van der Waals surface area contributed by atoms with Crippen LogP contribution in [0.3, 0.4) is 0 Å². The molecule has 144 valence electrons. The molecule has 4 aromatic rings. The van der Waals surface area contributed by atoms with Gasteiger partial charge in [-0.15, -0.1) is 11.3 Å². The highest BCUT2D eigenvalue weighted by Gasteiger charge is 2.14. The van der Waals surface area contributed by atoms with Crippen molar-refractivity contribution in [3.63, 3.8) is 0 Å². The quantitative estimate of drug-likeness (QED) is 0.521. The Balaban J connectivity index is 1.55. The highest BCUT2D eigenvalue weighted by molar-refractivity contribution is 7.14. The lowest BCUT2D eigenvalue weighted by molar-refractivity contribution is 0.102. The molecule has 0 saturated heterocycles. The summed E-state index contributed by atoms with van der Waals surface area (Å²) in [7, 11) is 0. The van der Waals surface area contributed by atoms with Crippen molar-refractivity contribution in [2.24, 2.45) is 0 Å². The van der Waals surface area contributed by atoms with Crippen LogP contribution in [0.1, 0.15) is 21.5 Å². The van der Waals surface area contributed by atoms with Crippen LogP contribution in [-0.4, -0.2) is 25.8 Å². The molecule has 0 aliphatic carbocycles. The van der Waals surface area contributed by atoms with Gasteiger partial charge in [-0.1, -0.05) is 0 Å². The fourth-order valence-corrected chi connectivity index (χ4v) is 3.65. The number of nitrogens with zero attached hydrogens (tertiary/aromatic N) is 4. The molecule has 1 amide bonds. The standard InChI is InChI=1S/C21H17N5O2S/c1-13-10-16(28-20-23-6-3-7-24-20)11-14(2)18(13)17-12-29-21(25-17)26-19(27)15-4-8-22-9-5-15/h3-12H,1-2H3,(H,25,26,27). The number of benzene rings is 1. The summed E-state index contributed by atoms with van der Waals surface area (Å²) in [4.78, 5) is 29.0. The van der Waals surface area contributed by atoms with Crippen LogP contribution in [0.2, 0.25) is 0 Å². The highest BCUT2D eigenvalue weighted by Crippen LogP contribution is 2.34. The first kappa shape index (κ1) is 18.7. The van der Waals surface area contributed by atoms with Crippen molar-refractivity contribution < 1.29 is 9.53 Å². The van der Waals surface area contributed by atoms with Crippen LogP contribution in [0.4, 0.5) is 5.13 Å². The van der Waals surface area contributed by atoms with E-state index in [1.165, 1.54) is 11.3 Å². The van der Waals surface area contributed by atoms with Crippen molar-refractivity contribution >= 4 is 22.4 Å². The number of anilines is 1. The Morgan fingerprint density at radius 1 is 1.03 bits per heavy atom. The number of rotatable bonds is 5. The second-order valence-electron chi connectivity index (χ2n) is 6.29. The Morgan fingerprint density at radius 3 is 2.41 bits per heavy atom. The lowest BCUT2D eigenvalue weighted by atomic mass is 10.0. The number of ether oxygens (including phenoxy) is 1. The number of aromatic nitrogens is 4. The summed E-state index contributed by atoms with van der Waals surface area (Å²) in [6, 6.07) is 9.20. The number of aryl methyl sites for hydroxylation is 2. The SMILES string of the molecule is Cc1cc(Oc2ncccn2)cc(C)c1-c1csc(NC(=O)c2ccncc2)n1. The van der Waals surface area contributed by atoms with E-state index in [9.17, 15) is 4.79 Å². The van der Waals surface area contributed by atoms with Gasteiger partial charge in [0.1, 0.15) is 5.75 Å². The molecule has 3 aromatic heterocycles. The van der Waals surface area contributed by atoms with Gasteiger partial charge in [0, 0.05) is 41.3 Å². The summed E-state index contributed by atoms with van der Waals surface area (Å²) in [5, 5.41) is 5.30. The van der Waals surface area contributed by atoms with Crippen LogP contribution >= 0.6 is 11.3 Å². The average molecular weight is 403 g/mol. The largest absolute Gasteiger partial charge is 0.424 e. The van der Waals surface area contributed by atoms with E-state index in [0.717, 1.165) is 22.4 Å². The molecule has 1 aromatic carbocycles. The van der Waals surface area contributed by atoms with Gasteiger partial charge in [-0.05, 0) is 55.3 Å². The zero-order chi connectivity index (χ0) is 20.2. The molecule has 0 unspecified atom stereocenters. The summed E-state index contributed by atoms with van der Waals surface area (Å²) in [6.45, 7) is 3.99. The molecule has 3 heterocycles. The minimum Gasteiger partial charge on any atom is -0.424 e. The number of hydrogen-bond donors (Lipinski definition) is 1. The lowest BCUT2D eigenvalue weighted by Gasteiger charge is -2.11. The fourth-order valence-electron chi connectivity index (χ4n) is 2.95. The molecule has 7 nitrogen and oxygen atoms in total. The third-order valence-corrected chi connectivity index (χ3v) is 4.94. The van der Waals surface area contributed by atoms with E-state index >= 15 is 0 Å². The summed E-state index contributed by atoms with van der Waals surface area (Å²) in [5.41, 5.74) is 4.36. The van der Waals surface area contributed by atoms with E-state index in [0.29, 0.717) is 22.5 Å². The maximum absolute atomic E-state index is 12.3. The van der Waals surface area contributed by atoms with E-state index in [1.54, 1.807) is 43.0 Å². The highest BCUT2D eigenvalue weighted by atomic mass is 32.1. The van der Waals surface area contributed by atoms with Gasteiger partial charge < -0.3 is 4.74 Å². The number of amides is 1. The summed E-state index contributed by atoms with van der Waals surface area (Å²) >= 11 is 1.38. The lowest BCUT2D eigenvalue weighted by Crippen LogP contribution is -2.11. The van der Waals surface area contributed by atoms with Gasteiger partial charge in [-0.25, -0.2) is 15.0 Å².